The Morgan fingerprint density at radius 3 is 2.63 bits per heavy atom. The maximum Gasteiger partial charge on any atom is 0.356 e. The van der Waals surface area contributed by atoms with Crippen LogP contribution in [-0.4, -0.2) is 26.9 Å². The Labute approximate surface area is 108 Å². The zero-order valence-electron chi connectivity index (χ0n) is 10.1. The number of benzene rings is 1. The first-order valence-corrected chi connectivity index (χ1v) is 5.42. The van der Waals surface area contributed by atoms with Gasteiger partial charge in [0.15, 0.2) is 5.69 Å². The topological polar surface area (TPSA) is 110 Å². The molecule has 0 saturated heterocycles. The molecule has 2 amide bonds. The highest BCUT2D eigenvalue weighted by atomic mass is 16.4. The zero-order chi connectivity index (χ0) is 14.0. The average Bonchev–Trinajstić information content (AvgIpc) is 2.71. The number of rotatable bonds is 3. The van der Waals surface area contributed by atoms with E-state index in [2.05, 4.69) is 10.4 Å². The van der Waals surface area contributed by atoms with Gasteiger partial charge in [-0.25, -0.2) is 9.59 Å². The molecule has 98 valence electrons. The quantitative estimate of drug-likeness (QED) is 0.771. The van der Waals surface area contributed by atoms with Gasteiger partial charge in [-0.1, -0.05) is 18.2 Å². The molecule has 2 rings (SSSR count). The Hall–Kier alpha value is -2.83. The Balaban J connectivity index is 2.52. The minimum absolute atomic E-state index is 0.0635. The van der Waals surface area contributed by atoms with Crippen LogP contribution < -0.4 is 11.1 Å². The van der Waals surface area contributed by atoms with Gasteiger partial charge in [0, 0.05) is 12.6 Å². The highest BCUT2D eigenvalue weighted by molar-refractivity contribution is 5.94. The van der Waals surface area contributed by atoms with Crippen LogP contribution in [0.4, 0.5) is 10.5 Å². The van der Waals surface area contributed by atoms with Gasteiger partial charge < -0.3 is 16.2 Å². The van der Waals surface area contributed by atoms with Gasteiger partial charge in [0.2, 0.25) is 0 Å². The molecule has 0 unspecified atom stereocenters. The van der Waals surface area contributed by atoms with Crippen molar-refractivity contribution in [1.82, 2.24) is 9.78 Å². The normalized spacial score (nSPS) is 10.2. The number of hydrogen-bond donors (Lipinski definition) is 3. The number of amides is 2. The monoisotopic (exact) mass is 260 g/mol. The molecule has 1 aromatic carbocycles. The van der Waals surface area contributed by atoms with Gasteiger partial charge in [0.1, 0.15) is 0 Å². The third-order valence-electron chi connectivity index (χ3n) is 2.56. The first-order chi connectivity index (χ1) is 8.99. The van der Waals surface area contributed by atoms with Crippen molar-refractivity contribution in [3.8, 4) is 11.3 Å². The molecule has 0 aliphatic carbocycles. The van der Waals surface area contributed by atoms with Gasteiger partial charge in [-0.2, -0.15) is 5.10 Å². The summed E-state index contributed by atoms with van der Waals surface area (Å²) < 4.78 is 1.44. The number of carbonyl (C=O) groups is 2. The number of carboxylic acids is 1. The first kappa shape index (κ1) is 12.6. The molecule has 1 aromatic heterocycles. The largest absolute Gasteiger partial charge is 0.476 e. The molecule has 0 aliphatic rings. The van der Waals surface area contributed by atoms with E-state index in [0.717, 1.165) is 0 Å². The highest BCUT2D eigenvalue weighted by Gasteiger charge is 2.15. The molecule has 19 heavy (non-hydrogen) atoms. The average molecular weight is 260 g/mol. The Morgan fingerprint density at radius 2 is 2.05 bits per heavy atom. The molecular formula is C12H12N4O3. The second kappa shape index (κ2) is 4.81. The van der Waals surface area contributed by atoms with E-state index in [1.54, 1.807) is 31.3 Å². The highest BCUT2D eigenvalue weighted by Crippen LogP contribution is 2.27. The Kier molecular flexibility index (Phi) is 3.19. The number of urea groups is 1. The fourth-order valence-electron chi connectivity index (χ4n) is 1.77. The predicted octanol–water partition coefficient (Wildman–Crippen LogP) is 1.28. The van der Waals surface area contributed by atoms with Crippen LogP contribution in [0.2, 0.25) is 0 Å². The molecule has 0 radical (unpaired) electrons. The lowest BCUT2D eigenvalue weighted by molar-refractivity contribution is 0.0689. The summed E-state index contributed by atoms with van der Waals surface area (Å²) in [5, 5.41) is 15.3. The van der Waals surface area contributed by atoms with Gasteiger partial charge >= 0.3 is 12.0 Å². The van der Waals surface area contributed by atoms with Crippen LogP contribution in [-0.2, 0) is 7.05 Å². The number of aromatic carboxylic acids is 1. The number of para-hydroxylation sites is 1. The second-order valence-corrected chi connectivity index (χ2v) is 3.88. The summed E-state index contributed by atoms with van der Waals surface area (Å²) in [6, 6.07) is 7.68. The van der Waals surface area contributed by atoms with E-state index in [1.807, 2.05) is 0 Å². The van der Waals surface area contributed by atoms with Crippen molar-refractivity contribution in [2.45, 2.75) is 0 Å². The van der Waals surface area contributed by atoms with Crippen LogP contribution in [0.25, 0.3) is 11.3 Å². The van der Waals surface area contributed by atoms with Crippen LogP contribution in [0, 0.1) is 0 Å². The number of aryl methyl sites for hydroxylation is 1. The summed E-state index contributed by atoms with van der Waals surface area (Å²) in [6.45, 7) is 0. The number of nitrogens with one attached hydrogen (secondary N) is 1. The first-order valence-electron chi connectivity index (χ1n) is 5.42. The van der Waals surface area contributed by atoms with E-state index in [4.69, 9.17) is 10.8 Å². The summed E-state index contributed by atoms with van der Waals surface area (Å²) >= 11 is 0. The van der Waals surface area contributed by atoms with Gasteiger partial charge in [-0.05, 0) is 12.1 Å². The van der Waals surface area contributed by atoms with Gasteiger partial charge in [-0.3, -0.25) is 4.68 Å². The third kappa shape index (κ3) is 2.54. The van der Waals surface area contributed by atoms with Crippen LogP contribution in [0.15, 0.2) is 30.3 Å². The molecular weight excluding hydrogens is 248 g/mol. The number of hydrogen-bond acceptors (Lipinski definition) is 3. The lowest BCUT2D eigenvalue weighted by atomic mass is 10.1. The lowest BCUT2D eigenvalue weighted by Crippen LogP contribution is -2.19. The van der Waals surface area contributed by atoms with E-state index in [9.17, 15) is 9.59 Å². The van der Waals surface area contributed by atoms with E-state index >= 15 is 0 Å². The maximum atomic E-state index is 10.9. The maximum absolute atomic E-state index is 10.9. The van der Waals surface area contributed by atoms with Gasteiger partial charge in [0.25, 0.3) is 0 Å². The molecule has 2 aromatic rings. The fraction of sp³-hybridized carbons (Fsp3) is 0.0833. The molecule has 0 saturated carbocycles. The molecule has 0 bridgehead atoms. The number of carboxylic acid groups (broad SMARTS) is 1. The fourth-order valence-corrected chi connectivity index (χ4v) is 1.77. The lowest BCUT2D eigenvalue weighted by Gasteiger charge is -2.09. The SMILES string of the molecule is Cn1nc(C(=O)O)cc1-c1ccccc1NC(N)=O. The summed E-state index contributed by atoms with van der Waals surface area (Å²) in [5.74, 6) is -1.11. The van der Waals surface area contributed by atoms with Crippen LogP contribution >= 0.6 is 0 Å². The van der Waals surface area contributed by atoms with Crippen molar-refractivity contribution in [1.29, 1.82) is 0 Å². The van der Waals surface area contributed by atoms with Crippen LogP contribution in [0.5, 0.6) is 0 Å². The number of nitrogens with zero attached hydrogens (tertiary/aromatic N) is 2. The molecule has 0 aliphatic heterocycles. The zero-order valence-corrected chi connectivity index (χ0v) is 10.1. The van der Waals surface area contributed by atoms with Gasteiger partial charge in [-0.15, -0.1) is 0 Å². The molecule has 0 atom stereocenters. The summed E-state index contributed by atoms with van der Waals surface area (Å²) in [4.78, 5) is 21.8. The van der Waals surface area contributed by atoms with E-state index in [-0.39, 0.29) is 5.69 Å². The van der Waals surface area contributed by atoms with E-state index in [0.29, 0.717) is 16.9 Å². The minimum Gasteiger partial charge on any atom is -0.476 e. The van der Waals surface area contributed by atoms with E-state index < -0.39 is 12.0 Å². The Bertz CT molecular complexity index is 648. The van der Waals surface area contributed by atoms with Crippen LogP contribution in [0.3, 0.4) is 0 Å². The smallest absolute Gasteiger partial charge is 0.356 e. The number of anilines is 1. The summed E-state index contributed by atoms with van der Waals surface area (Å²) in [6.07, 6.45) is 0. The predicted molar refractivity (Wildman–Crippen MR) is 68.8 cm³/mol. The molecule has 7 nitrogen and oxygen atoms in total. The summed E-state index contributed by atoms with van der Waals surface area (Å²) in [5.41, 5.74) is 6.74. The second-order valence-electron chi connectivity index (χ2n) is 3.88. The van der Waals surface area contributed by atoms with Crippen LogP contribution in [0.1, 0.15) is 10.5 Å². The molecule has 0 spiro atoms. The van der Waals surface area contributed by atoms with Crippen molar-refractivity contribution >= 4 is 17.7 Å². The number of primary amides is 1. The molecule has 4 N–H and O–H groups in total. The minimum atomic E-state index is -1.11. The van der Waals surface area contributed by atoms with Crippen molar-refractivity contribution < 1.29 is 14.7 Å². The van der Waals surface area contributed by atoms with Crippen molar-refractivity contribution in [3.63, 3.8) is 0 Å². The van der Waals surface area contributed by atoms with Crippen molar-refractivity contribution in [3.05, 3.63) is 36.0 Å². The number of carbonyl (C=O) groups excluding carboxylic acids is 1. The Morgan fingerprint density at radius 1 is 1.37 bits per heavy atom. The van der Waals surface area contributed by atoms with Crippen molar-refractivity contribution in [2.75, 3.05) is 5.32 Å². The number of nitrogens with two attached hydrogens (primary N) is 1. The van der Waals surface area contributed by atoms with Gasteiger partial charge in [0.05, 0.1) is 11.4 Å². The standard InChI is InChI=1S/C12H12N4O3/c1-16-10(6-9(15-16)11(17)18)7-4-2-3-5-8(7)14-12(13)19/h2-6H,1H3,(H,17,18)(H3,13,14,19). The molecule has 0 fully saturated rings. The number of aromatic nitrogens is 2. The third-order valence-corrected chi connectivity index (χ3v) is 2.56. The summed E-state index contributed by atoms with van der Waals surface area (Å²) in [7, 11) is 1.63. The molecule has 7 heteroatoms. The van der Waals surface area contributed by atoms with E-state index in [1.165, 1.54) is 10.7 Å². The van der Waals surface area contributed by atoms with Crippen molar-refractivity contribution in [2.24, 2.45) is 12.8 Å². The molecule has 1 heterocycles.